The summed E-state index contributed by atoms with van der Waals surface area (Å²) < 4.78 is 12.3. The summed E-state index contributed by atoms with van der Waals surface area (Å²) in [6.07, 6.45) is 26.6. The Morgan fingerprint density at radius 1 is 0.481 bits per heavy atom. The Morgan fingerprint density at radius 2 is 1.07 bits per heavy atom. The molecule has 0 aliphatic heterocycles. The van der Waals surface area contributed by atoms with Crippen LogP contribution in [0.1, 0.15) is 116 Å². The second-order valence-electron chi connectivity index (χ2n) is 10.4. The maximum absolute atomic E-state index is 6.17. The van der Waals surface area contributed by atoms with Crippen LogP contribution in [-0.4, -0.2) is 19.0 Å². The maximum Gasteiger partial charge on any atom is 0.147 e. The number of rotatable bonds is 7. The molecule has 4 aliphatic carbocycles. The Kier molecular flexibility index (Phi) is 7.95. The molecule has 0 spiro atoms. The summed E-state index contributed by atoms with van der Waals surface area (Å²) in [5, 5.41) is 0. The third kappa shape index (κ3) is 6.20. The first-order valence-electron chi connectivity index (χ1n) is 12.6. The third-order valence-corrected chi connectivity index (χ3v) is 8.60. The number of hydrogen-bond acceptors (Lipinski definition) is 2. The summed E-state index contributed by atoms with van der Waals surface area (Å²) in [6, 6.07) is 0. The number of fused-ring (bicyclic) bond motifs is 1. The van der Waals surface area contributed by atoms with Crippen molar-refractivity contribution in [3.05, 3.63) is 0 Å². The number of hydrogen-bond donors (Lipinski definition) is 0. The van der Waals surface area contributed by atoms with E-state index in [9.17, 15) is 0 Å². The van der Waals surface area contributed by atoms with Gasteiger partial charge in [-0.25, -0.2) is 0 Å². The molecule has 4 aliphatic rings. The van der Waals surface area contributed by atoms with Gasteiger partial charge in [0.1, 0.15) is 6.79 Å². The summed E-state index contributed by atoms with van der Waals surface area (Å²) in [5.41, 5.74) is 0. The Bertz CT molecular complexity index is 409. The largest absolute Gasteiger partial charge is 0.352 e. The first-order chi connectivity index (χ1) is 13.4. The molecule has 156 valence electrons. The molecule has 2 nitrogen and oxygen atoms in total. The van der Waals surface area contributed by atoms with Crippen molar-refractivity contribution >= 4 is 0 Å². The molecule has 0 saturated heterocycles. The van der Waals surface area contributed by atoms with Gasteiger partial charge in [-0.15, -0.1) is 0 Å². The molecule has 3 atom stereocenters. The standard InChI is InChI=1S/C25H44O2/c1-2-6-20(7-3-1)10-11-21-12-15-24(16-13-21)26-19-27-25-17-14-22-8-4-5-9-23(22)18-25/h20-25H,1-19H2. The summed E-state index contributed by atoms with van der Waals surface area (Å²) in [4.78, 5) is 0. The molecule has 0 amide bonds. The highest BCUT2D eigenvalue weighted by atomic mass is 16.7. The van der Waals surface area contributed by atoms with Crippen molar-refractivity contribution in [2.45, 2.75) is 128 Å². The van der Waals surface area contributed by atoms with E-state index in [0.29, 0.717) is 19.0 Å². The van der Waals surface area contributed by atoms with Gasteiger partial charge >= 0.3 is 0 Å². The molecular weight excluding hydrogens is 332 g/mol. The van der Waals surface area contributed by atoms with Crippen molar-refractivity contribution in [3.8, 4) is 0 Å². The third-order valence-electron chi connectivity index (χ3n) is 8.60. The van der Waals surface area contributed by atoms with Gasteiger partial charge in [-0.3, -0.25) is 0 Å². The zero-order valence-electron chi connectivity index (χ0n) is 17.7. The van der Waals surface area contributed by atoms with E-state index in [2.05, 4.69) is 0 Å². The van der Waals surface area contributed by atoms with Gasteiger partial charge in [0.25, 0.3) is 0 Å². The summed E-state index contributed by atoms with van der Waals surface area (Å²) in [6.45, 7) is 0.555. The molecule has 0 heterocycles. The average Bonchev–Trinajstić information content (AvgIpc) is 2.74. The van der Waals surface area contributed by atoms with Crippen molar-refractivity contribution in [3.63, 3.8) is 0 Å². The van der Waals surface area contributed by atoms with Gasteiger partial charge in [0.05, 0.1) is 12.2 Å². The molecular formula is C25H44O2. The van der Waals surface area contributed by atoms with Crippen molar-refractivity contribution in [1.82, 2.24) is 0 Å². The minimum absolute atomic E-state index is 0.474. The molecule has 0 bridgehead atoms. The Morgan fingerprint density at radius 3 is 1.85 bits per heavy atom. The van der Waals surface area contributed by atoms with Crippen LogP contribution in [0.3, 0.4) is 0 Å². The lowest BCUT2D eigenvalue weighted by molar-refractivity contribution is -0.141. The highest BCUT2D eigenvalue weighted by Gasteiger charge is 2.32. The van der Waals surface area contributed by atoms with Gasteiger partial charge in [-0.1, -0.05) is 70.6 Å². The Hall–Kier alpha value is -0.0800. The smallest absolute Gasteiger partial charge is 0.147 e. The van der Waals surface area contributed by atoms with E-state index in [0.717, 1.165) is 23.7 Å². The molecule has 3 unspecified atom stereocenters. The Balaban J connectivity index is 1.06. The van der Waals surface area contributed by atoms with Crippen LogP contribution in [0.5, 0.6) is 0 Å². The van der Waals surface area contributed by atoms with Gasteiger partial charge in [0, 0.05) is 0 Å². The minimum atomic E-state index is 0.474. The predicted octanol–water partition coefficient (Wildman–Crippen LogP) is 7.26. The summed E-state index contributed by atoms with van der Waals surface area (Å²) in [7, 11) is 0. The van der Waals surface area contributed by atoms with Gasteiger partial charge < -0.3 is 9.47 Å². The van der Waals surface area contributed by atoms with E-state index >= 15 is 0 Å². The van der Waals surface area contributed by atoms with E-state index in [4.69, 9.17) is 9.47 Å². The highest BCUT2D eigenvalue weighted by molar-refractivity contribution is 4.83. The van der Waals surface area contributed by atoms with Crippen LogP contribution in [0.25, 0.3) is 0 Å². The van der Waals surface area contributed by atoms with Crippen LogP contribution in [0, 0.1) is 23.7 Å². The SMILES string of the molecule is C1CCC(CCC2CCC(OCOC3CCC4CCCCC4C3)CC2)CC1. The van der Waals surface area contributed by atoms with Crippen molar-refractivity contribution in [2.75, 3.05) is 6.79 Å². The molecule has 0 aromatic carbocycles. The van der Waals surface area contributed by atoms with Crippen molar-refractivity contribution in [1.29, 1.82) is 0 Å². The molecule has 0 N–H and O–H groups in total. The fraction of sp³-hybridized carbons (Fsp3) is 1.00. The lowest BCUT2D eigenvalue weighted by atomic mass is 9.70. The monoisotopic (exact) mass is 376 g/mol. The lowest BCUT2D eigenvalue weighted by Gasteiger charge is -2.39. The molecule has 0 radical (unpaired) electrons. The number of ether oxygens (including phenoxy) is 2. The van der Waals surface area contributed by atoms with Gasteiger partial charge in [0.2, 0.25) is 0 Å². The van der Waals surface area contributed by atoms with E-state index in [-0.39, 0.29) is 0 Å². The molecule has 0 aromatic rings. The molecule has 27 heavy (non-hydrogen) atoms. The van der Waals surface area contributed by atoms with Crippen molar-refractivity contribution < 1.29 is 9.47 Å². The van der Waals surface area contributed by atoms with Crippen LogP contribution >= 0.6 is 0 Å². The lowest BCUT2D eigenvalue weighted by Crippen LogP contribution is -2.32. The van der Waals surface area contributed by atoms with Crippen LogP contribution < -0.4 is 0 Å². The van der Waals surface area contributed by atoms with E-state index in [1.54, 1.807) is 0 Å². The van der Waals surface area contributed by atoms with Crippen LogP contribution in [-0.2, 0) is 9.47 Å². The van der Waals surface area contributed by atoms with E-state index < -0.39 is 0 Å². The maximum atomic E-state index is 6.17. The van der Waals surface area contributed by atoms with Crippen LogP contribution in [0.4, 0.5) is 0 Å². The Labute approximate surface area is 168 Å². The summed E-state index contributed by atoms with van der Waals surface area (Å²) >= 11 is 0. The second-order valence-corrected chi connectivity index (χ2v) is 10.4. The normalized spacial score (nSPS) is 38.4. The average molecular weight is 377 g/mol. The quantitative estimate of drug-likeness (QED) is 0.435. The minimum Gasteiger partial charge on any atom is -0.352 e. The fourth-order valence-corrected chi connectivity index (χ4v) is 6.75. The van der Waals surface area contributed by atoms with Gasteiger partial charge in [-0.2, -0.15) is 0 Å². The highest BCUT2D eigenvalue weighted by Crippen LogP contribution is 2.41. The molecule has 4 fully saturated rings. The molecule has 2 heteroatoms. The van der Waals surface area contributed by atoms with Crippen LogP contribution in [0.2, 0.25) is 0 Å². The van der Waals surface area contributed by atoms with Crippen LogP contribution in [0.15, 0.2) is 0 Å². The van der Waals surface area contributed by atoms with Gasteiger partial charge in [0.15, 0.2) is 0 Å². The molecule has 4 saturated carbocycles. The van der Waals surface area contributed by atoms with Crippen molar-refractivity contribution in [2.24, 2.45) is 23.7 Å². The first-order valence-corrected chi connectivity index (χ1v) is 12.6. The topological polar surface area (TPSA) is 18.5 Å². The van der Waals surface area contributed by atoms with E-state index in [1.165, 1.54) is 116 Å². The van der Waals surface area contributed by atoms with E-state index in [1.807, 2.05) is 0 Å². The zero-order valence-corrected chi connectivity index (χ0v) is 17.7. The first kappa shape index (κ1) is 20.2. The summed E-state index contributed by atoms with van der Waals surface area (Å²) in [5.74, 6) is 4.01. The molecule has 0 aromatic heterocycles. The molecule has 4 rings (SSSR count). The predicted molar refractivity (Wildman–Crippen MR) is 112 cm³/mol. The second kappa shape index (κ2) is 10.6. The zero-order chi connectivity index (χ0) is 18.3. The fourth-order valence-electron chi connectivity index (χ4n) is 6.75. The van der Waals surface area contributed by atoms with Gasteiger partial charge in [-0.05, 0) is 68.6 Å².